The Bertz CT molecular complexity index is 1290. The minimum Gasteiger partial charge on any atom is -0.383 e. The number of hydrogen-bond donors (Lipinski definition) is 4. The average molecular weight is 497 g/mol. The van der Waals surface area contributed by atoms with Gasteiger partial charge in [-0.3, -0.25) is 9.59 Å². The van der Waals surface area contributed by atoms with E-state index in [-0.39, 0.29) is 35.0 Å². The van der Waals surface area contributed by atoms with Crippen molar-refractivity contribution in [2.24, 2.45) is 0 Å². The van der Waals surface area contributed by atoms with Gasteiger partial charge in [0, 0.05) is 36.7 Å². The lowest BCUT2D eigenvalue weighted by Gasteiger charge is -2.34. The lowest BCUT2D eigenvalue weighted by molar-refractivity contribution is -0.124. The number of aromatic nitrogens is 1. The largest absolute Gasteiger partial charge is 0.383 e. The summed E-state index contributed by atoms with van der Waals surface area (Å²) in [5, 5.41) is 15.7. The molecule has 1 unspecified atom stereocenters. The first-order valence-corrected chi connectivity index (χ1v) is 11.3. The van der Waals surface area contributed by atoms with E-state index in [0.29, 0.717) is 17.3 Å². The zero-order valence-electron chi connectivity index (χ0n) is 19.7. The number of nitrogen functional groups attached to an aromatic ring is 1. The zero-order valence-corrected chi connectivity index (χ0v) is 19.7. The topological polar surface area (TPSA) is 127 Å². The molecule has 1 heterocycles. The molecular formula is C26H26F2N4O4. The van der Waals surface area contributed by atoms with Gasteiger partial charge in [0.2, 0.25) is 0 Å². The van der Waals surface area contributed by atoms with Gasteiger partial charge in [-0.2, -0.15) is 0 Å². The number of hydrogen-bond acceptors (Lipinski definition) is 6. The normalized spacial score (nSPS) is 17.7. The minimum atomic E-state index is -1.76. The third-order valence-electron chi connectivity index (χ3n) is 6.18. The highest BCUT2D eigenvalue weighted by atomic mass is 19.1. The summed E-state index contributed by atoms with van der Waals surface area (Å²) in [6.07, 6.45) is 1.43. The molecule has 3 aromatic rings. The number of rotatable bonds is 7. The van der Waals surface area contributed by atoms with Crippen LogP contribution in [0.15, 0.2) is 48.7 Å². The van der Waals surface area contributed by atoms with E-state index >= 15 is 0 Å². The van der Waals surface area contributed by atoms with E-state index in [1.54, 1.807) is 44.5 Å². The summed E-state index contributed by atoms with van der Waals surface area (Å²) in [7, 11) is 1.64. The number of halogens is 2. The first-order chi connectivity index (χ1) is 17.1. The number of carbonyl (C=O) groups excluding carboxylic acids is 2. The Morgan fingerprint density at radius 3 is 2.47 bits per heavy atom. The van der Waals surface area contributed by atoms with Gasteiger partial charge in [0.25, 0.3) is 11.8 Å². The van der Waals surface area contributed by atoms with Gasteiger partial charge >= 0.3 is 0 Å². The van der Waals surface area contributed by atoms with Crippen molar-refractivity contribution >= 4 is 23.3 Å². The molecule has 2 amide bonds. The second kappa shape index (κ2) is 10.4. The number of anilines is 2. The van der Waals surface area contributed by atoms with Crippen LogP contribution >= 0.6 is 0 Å². The number of nitrogens with one attached hydrogen (secondary N) is 2. The fraction of sp³-hybridized carbons (Fsp3) is 0.269. The highest BCUT2D eigenvalue weighted by Gasteiger charge is 2.31. The van der Waals surface area contributed by atoms with Gasteiger partial charge in [0.15, 0.2) is 6.10 Å². The summed E-state index contributed by atoms with van der Waals surface area (Å²) < 4.78 is 32.1. The highest BCUT2D eigenvalue weighted by Crippen LogP contribution is 2.29. The quantitative estimate of drug-likeness (QED) is 0.397. The molecule has 2 aromatic carbocycles. The number of aliphatic hydroxyl groups is 1. The Hall–Kier alpha value is -3.89. The predicted molar refractivity (Wildman–Crippen MR) is 130 cm³/mol. The highest BCUT2D eigenvalue weighted by molar-refractivity contribution is 6.00. The van der Waals surface area contributed by atoms with Crippen molar-refractivity contribution in [2.75, 3.05) is 18.2 Å². The Morgan fingerprint density at radius 2 is 1.83 bits per heavy atom. The number of carbonyl (C=O) groups is 2. The standard InChI is InChI=1S/C26H26F2N4O4/c1-13-5-18(31-26(35)23(33)14-6-16(27)9-17(28)7-14)3-4-21(13)15-8-22(24(29)30-12-15)25(34)32-19-10-20(11-19)36-2/h3-9,12,19-20,23,33H,10-11H2,1-2H3,(H2,29,30)(H,31,35)(H,32,34). The van der Waals surface area contributed by atoms with Crippen molar-refractivity contribution < 1.29 is 28.2 Å². The second-order valence-electron chi connectivity index (χ2n) is 8.78. The smallest absolute Gasteiger partial charge is 0.257 e. The van der Waals surface area contributed by atoms with Gasteiger partial charge in [-0.25, -0.2) is 13.8 Å². The molecule has 4 rings (SSSR count). The van der Waals surface area contributed by atoms with E-state index in [1.165, 1.54) is 0 Å². The number of ether oxygens (including phenoxy) is 1. The Labute approximate surface area is 206 Å². The van der Waals surface area contributed by atoms with Crippen LogP contribution < -0.4 is 16.4 Å². The van der Waals surface area contributed by atoms with Crippen molar-refractivity contribution in [3.05, 3.63) is 77.0 Å². The van der Waals surface area contributed by atoms with E-state index in [2.05, 4.69) is 15.6 Å². The van der Waals surface area contributed by atoms with Crippen LogP contribution in [0.2, 0.25) is 0 Å². The molecule has 1 atom stereocenters. The monoisotopic (exact) mass is 496 g/mol. The molecule has 1 saturated carbocycles. The Balaban J connectivity index is 1.48. The summed E-state index contributed by atoms with van der Waals surface area (Å²) in [6.45, 7) is 1.80. The fourth-order valence-corrected chi connectivity index (χ4v) is 4.10. The number of aryl methyl sites for hydroxylation is 1. The maximum absolute atomic E-state index is 13.4. The number of nitrogens with zero attached hydrogens (tertiary/aromatic N) is 1. The van der Waals surface area contributed by atoms with Crippen LogP contribution in [0.5, 0.6) is 0 Å². The van der Waals surface area contributed by atoms with E-state index in [0.717, 1.165) is 36.1 Å². The van der Waals surface area contributed by atoms with Crippen LogP contribution in [0.25, 0.3) is 11.1 Å². The lowest BCUT2D eigenvalue weighted by atomic mass is 9.89. The minimum absolute atomic E-state index is 0.0226. The van der Waals surface area contributed by atoms with Gasteiger partial charge < -0.3 is 26.2 Å². The third kappa shape index (κ3) is 5.50. The fourth-order valence-electron chi connectivity index (χ4n) is 4.10. The summed E-state index contributed by atoms with van der Waals surface area (Å²) in [5.74, 6) is -2.83. The molecule has 188 valence electrons. The van der Waals surface area contributed by atoms with Crippen LogP contribution in [0.3, 0.4) is 0 Å². The molecule has 0 aliphatic heterocycles. The molecular weight excluding hydrogens is 470 g/mol. The number of nitrogens with two attached hydrogens (primary N) is 1. The van der Waals surface area contributed by atoms with Gasteiger partial charge in [-0.1, -0.05) is 6.07 Å². The maximum atomic E-state index is 13.4. The maximum Gasteiger partial charge on any atom is 0.257 e. The molecule has 1 fully saturated rings. The molecule has 1 aliphatic carbocycles. The summed E-state index contributed by atoms with van der Waals surface area (Å²) >= 11 is 0. The number of pyridine rings is 1. The van der Waals surface area contributed by atoms with Gasteiger partial charge in [0.1, 0.15) is 17.5 Å². The molecule has 0 spiro atoms. The van der Waals surface area contributed by atoms with Gasteiger partial charge in [0.05, 0.1) is 11.7 Å². The first kappa shape index (κ1) is 25.2. The molecule has 0 radical (unpaired) electrons. The van der Waals surface area contributed by atoms with E-state index in [1.807, 2.05) is 0 Å². The number of methoxy groups -OCH3 is 1. The molecule has 0 saturated heterocycles. The molecule has 5 N–H and O–H groups in total. The van der Waals surface area contributed by atoms with Crippen LogP contribution in [-0.4, -0.2) is 41.2 Å². The second-order valence-corrected chi connectivity index (χ2v) is 8.78. The molecule has 1 aliphatic rings. The van der Waals surface area contributed by atoms with Crippen LogP contribution in [0, 0.1) is 18.6 Å². The molecule has 1 aromatic heterocycles. The van der Waals surface area contributed by atoms with Crippen LogP contribution in [0.4, 0.5) is 20.3 Å². The van der Waals surface area contributed by atoms with Crippen molar-refractivity contribution in [3.63, 3.8) is 0 Å². The predicted octanol–water partition coefficient (Wildman–Crippen LogP) is 3.50. The number of amides is 2. The summed E-state index contributed by atoms with van der Waals surface area (Å²) in [5.41, 5.74) is 8.55. The molecule has 0 bridgehead atoms. The number of aliphatic hydroxyl groups excluding tert-OH is 1. The lowest BCUT2D eigenvalue weighted by Crippen LogP contribution is -2.47. The zero-order chi connectivity index (χ0) is 26.0. The van der Waals surface area contributed by atoms with Crippen molar-refractivity contribution in [1.29, 1.82) is 0 Å². The Kier molecular flexibility index (Phi) is 7.27. The molecule has 36 heavy (non-hydrogen) atoms. The van der Waals surface area contributed by atoms with Crippen LogP contribution in [-0.2, 0) is 9.53 Å². The first-order valence-electron chi connectivity index (χ1n) is 11.3. The molecule has 10 heteroatoms. The summed E-state index contributed by atoms with van der Waals surface area (Å²) in [4.78, 5) is 29.3. The van der Waals surface area contributed by atoms with E-state index in [4.69, 9.17) is 10.5 Å². The van der Waals surface area contributed by atoms with Crippen molar-refractivity contribution in [2.45, 2.75) is 38.0 Å². The average Bonchev–Trinajstić information content (AvgIpc) is 2.80. The van der Waals surface area contributed by atoms with Crippen LogP contribution in [0.1, 0.15) is 40.4 Å². The number of benzene rings is 2. The Morgan fingerprint density at radius 1 is 1.14 bits per heavy atom. The van der Waals surface area contributed by atoms with E-state index in [9.17, 15) is 23.5 Å². The van der Waals surface area contributed by atoms with E-state index < -0.39 is 23.6 Å². The van der Waals surface area contributed by atoms with Gasteiger partial charge in [-0.05, 0) is 66.8 Å². The molecule has 8 nitrogen and oxygen atoms in total. The SMILES string of the molecule is COC1CC(NC(=O)c2cc(-c3ccc(NC(=O)C(O)c4cc(F)cc(F)c4)cc3C)cnc2N)C1. The van der Waals surface area contributed by atoms with Crippen molar-refractivity contribution in [3.8, 4) is 11.1 Å². The van der Waals surface area contributed by atoms with Crippen molar-refractivity contribution in [1.82, 2.24) is 10.3 Å². The van der Waals surface area contributed by atoms with Gasteiger partial charge in [-0.15, -0.1) is 0 Å². The third-order valence-corrected chi connectivity index (χ3v) is 6.18. The summed E-state index contributed by atoms with van der Waals surface area (Å²) in [6, 6.07) is 9.12.